The molecule has 2 aromatic rings. The molecule has 0 aliphatic carbocycles. The number of rotatable bonds is 2. The Balaban J connectivity index is 2.48. The molecule has 0 radical (unpaired) electrons. The van der Waals surface area contributed by atoms with E-state index >= 15 is 0 Å². The molecule has 2 heteroatoms. The molecule has 0 aliphatic heterocycles. The fourth-order valence-electron chi connectivity index (χ4n) is 2.07. The summed E-state index contributed by atoms with van der Waals surface area (Å²) in [5, 5.41) is 10.1. The molecule has 0 fully saturated rings. The van der Waals surface area contributed by atoms with Crippen molar-refractivity contribution in [3.63, 3.8) is 0 Å². The second kappa shape index (κ2) is 4.60. The predicted octanol–water partition coefficient (Wildman–Crippen LogP) is 3.06. The van der Waals surface area contributed by atoms with Crippen LogP contribution < -0.4 is 5.73 Å². The Kier molecular flexibility index (Phi) is 3.16. The van der Waals surface area contributed by atoms with Gasteiger partial charge < -0.3 is 10.8 Å². The summed E-state index contributed by atoms with van der Waals surface area (Å²) in [6.45, 7) is 3.90. The highest BCUT2D eigenvalue weighted by Gasteiger charge is 2.14. The van der Waals surface area contributed by atoms with Crippen LogP contribution in [-0.2, 0) is 0 Å². The van der Waals surface area contributed by atoms with E-state index in [-0.39, 0.29) is 6.04 Å². The average molecular weight is 227 g/mol. The van der Waals surface area contributed by atoms with Gasteiger partial charge in [-0.1, -0.05) is 48.0 Å². The van der Waals surface area contributed by atoms with Crippen molar-refractivity contribution < 1.29 is 5.11 Å². The number of hydrogen-bond donors (Lipinski definition) is 2. The normalized spacial score (nSPS) is 12.4. The first-order valence-electron chi connectivity index (χ1n) is 5.70. The molecular formula is C15H17NO. The molecule has 88 valence electrons. The maximum Gasteiger partial charge on any atom is 0.123 e. The molecule has 0 aromatic heterocycles. The van der Waals surface area contributed by atoms with Crippen LogP contribution in [0.15, 0.2) is 42.5 Å². The van der Waals surface area contributed by atoms with Gasteiger partial charge in [-0.05, 0) is 25.0 Å². The van der Waals surface area contributed by atoms with Gasteiger partial charge in [0.05, 0.1) is 6.04 Å². The summed E-state index contributed by atoms with van der Waals surface area (Å²) in [5.41, 5.74) is 9.97. The first-order valence-corrected chi connectivity index (χ1v) is 5.70. The van der Waals surface area contributed by atoms with Crippen LogP contribution in [-0.4, -0.2) is 5.11 Å². The van der Waals surface area contributed by atoms with E-state index in [0.717, 1.165) is 22.3 Å². The highest BCUT2D eigenvalue weighted by molar-refractivity contribution is 5.47. The third-order valence-electron chi connectivity index (χ3n) is 2.97. The topological polar surface area (TPSA) is 46.2 Å². The maximum atomic E-state index is 10.1. The number of phenolic OH excluding ortho intramolecular Hbond substituents is 1. The summed E-state index contributed by atoms with van der Waals surface area (Å²) >= 11 is 0. The maximum absolute atomic E-state index is 10.1. The van der Waals surface area contributed by atoms with Crippen LogP contribution in [0.2, 0.25) is 0 Å². The van der Waals surface area contributed by atoms with Gasteiger partial charge in [-0.25, -0.2) is 0 Å². The minimum atomic E-state index is -0.283. The molecule has 0 bridgehead atoms. The summed E-state index contributed by atoms with van der Waals surface area (Å²) in [4.78, 5) is 0. The monoisotopic (exact) mass is 227 g/mol. The quantitative estimate of drug-likeness (QED) is 0.828. The molecule has 0 aliphatic rings. The Bertz CT molecular complexity index is 520. The van der Waals surface area contributed by atoms with E-state index in [9.17, 15) is 5.11 Å². The number of aromatic hydroxyl groups is 1. The van der Waals surface area contributed by atoms with E-state index < -0.39 is 0 Å². The molecule has 0 spiro atoms. The van der Waals surface area contributed by atoms with Crippen LogP contribution in [0, 0.1) is 13.8 Å². The Morgan fingerprint density at radius 1 is 1.06 bits per heavy atom. The lowest BCUT2D eigenvalue weighted by Gasteiger charge is -2.16. The van der Waals surface area contributed by atoms with Crippen molar-refractivity contribution in [2.45, 2.75) is 19.9 Å². The van der Waals surface area contributed by atoms with Gasteiger partial charge in [-0.2, -0.15) is 0 Å². The predicted molar refractivity (Wildman–Crippen MR) is 70.1 cm³/mol. The van der Waals surface area contributed by atoms with E-state index in [1.165, 1.54) is 0 Å². The first-order chi connectivity index (χ1) is 8.09. The highest BCUT2D eigenvalue weighted by Crippen LogP contribution is 2.31. The van der Waals surface area contributed by atoms with Crippen molar-refractivity contribution >= 4 is 0 Å². The minimum Gasteiger partial charge on any atom is -0.507 e. The lowest BCUT2D eigenvalue weighted by atomic mass is 9.95. The lowest BCUT2D eigenvalue weighted by Crippen LogP contribution is -2.12. The smallest absolute Gasteiger partial charge is 0.123 e. The fraction of sp³-hybridized carbons (Fsp3) is 0.200. The van der Waals surface area contributed by atoms with Crippen LogP contribution in [0.25, 0.3) is 0 Å². The molecule has 2 nitrogen and oxygen atoms in total. The van der Waals surface area contributed by atoms with Gasteiger partial charge in [0, 0.05) is 5.56 Å². The highest BCUT2D eigenvalue weighted by atomic mass is 16.3. The third kappa shape index (κ3) is 2.32. The Morgan fingerprint density at radius 3 is 2.35 bits per heavy atom. The summed E-state index contributed by atoms with van der Waals surface area (Å²) in [6.07, 6.45) is 0. The molecule has 2 aromatic carbocycles. The molecule has 17 heavy (non-hydrogen) atoms. The van der Waals surface area contributed by atoms with Crippen molar-refractivity contribution in [1.29, 1.82) is 0 Å². The van der Waals surface area contributed by atoms with E-state index in [1.54, 1.807) is 0 Å². The van der Waals surface area contributed by atoms with Gasteiger partial charge in [0.1, 0.15) is 5.75 Å². The number of aryl methyl sites for hydroxylation is 2. The second-order valence-corrected chi connectivity index (χ2v) is 4.41. The van der Waals surface area contributed by atoms with E-state index in [0.29, 0.717) is 5.75 Å². The number of nitrogens with two attached hydrogens (primary N) is 1. The van der Waals surface area contributed by atoms with E-state index in [1.807, 2.05) is 56.3 Å². The molecule has 0 saturated carbocycles. The molecule has 3 N–H and O–H groups in total. The molecule has 0 heterocycles. The molecule has 0 saturated heterocycles. The number of phenols is 1. The zero-order valence-electron chi connectivity index (χ0n) is 10.1. The van der Waals surface area contributed by atoms with Crippen molar-refractivity contribution in [1.82, 2.24) is 0 Å². The van der Waals surface area contributed by atoms with Gasteiger partial charge in [0.2, 0.25) is 0 Å². The summed E-state index contributed by atoms with van der Waals surface area (Å²) in [5.74, 6) is 0.298. The van der Waals surface area contributed by atoms with Crippen LogP contribution in [0.3, 0.4) is 0 Å². The third-order valence-corrected chi connectivity index (χ3v) is 2.97. The van der Waals surface area contributed by atoms with Crippen molar-refractivity contribution in [3.8, 4) is 5.75 Å². The molecule has 2 rings (SSSR count). The van der Waals surface area contributed by atoms with Crippen molar-refractivity contribution in [2.75, 3.05) is 0 Å². The van der Waals surface area contributed by atoms with E-state index in [2.05, 4.69) is 0 Å². The number of benzene rings is 2. The van der Waals surface area contributed by atoms with Crippen molar-refractivity contribution in [2.24, 2.45) is 5.73 Å². The lowest BCUT2D eigenvalue weighted by molar-refractivity contribution is 0.461. The van der Waals surface area contributed by atoms with Gasteiger partial charge in [0.25, 0.3) is 0 Å². The Morgan fingerprint density at radius 2 is 1.71 bits per heavy atom. The zero-order valence-corrected chi connectivity index (χ0v) is 10.1. The molecule has 1 atom stereocenters. The summed E-state index contributed by atoms with van der Waals surface area (Å²) in [7, 11) is 0. The summed E-state index contributed by atoms with van der Waals surface area (Å²) < 4.78 is 0. The molecule has 0 amide bonds. The Hall–Kier alpha value is -1.80. The fourth-order valence-corrected chi connectivity index (χ4v) is 2.07. The number of hydrogen-bond acceptors (Lipinski definition) is 2. The van der Waals surface area contributed by atoms with Crippen LogP contribution in [0.4, 0.5) is 0 Å². The first kappa shape index (κ1) is 11.7. The van der Waals surface area contributed by atoms with Crippen LogP contribution >= 0.6 is 0 Å². The summed E-state index contributed by atoms with van der Waals surface area (Å²) in [6, 6.07) is 13.4. The van der Waals surface area contributed by atoms with E-state index in [4.69, 9.17) is 5.73 Å². The minimum absolute atomic E-state index is 0.283. The second-order valence-electron chi connectivity index (χ2n) is 4.41. The van der Waals surface area contributed by atoms with Crippen LogP contribution in [0.5, 0.6) is 5.75 Å². The van der Waals surface area contributed by atoms with Gasteiger partial charge in [-0.15, -0.1) is 0 Å². The van der Waals surface area contributed by atoms with Gasteiger partial charge >= 0.3 is 0 Å². The van der Waals surface area contributed by atoms with Gasteiger partial charge in [-0.3, -0.25) is 0 Å². The standard InChI is InChI=1S/C15H17NO/c1-10-8-11(2)15(17)13(9-10)14(16)12-6-4-3-5-7-12/h3-9,14,17H,16H2,1-2H3. The SMILES string of the molecule is Cc1cc(C)c(O)c(C(N)c2ccccc2)c1. The largest absolute Gasteiger partial charge is 0.507 e. The van der Waals surface area contributed by atoms with Crippen LogP contribution in [0.1, 0.15) is 28.3 Å². The van der Waals surface area contributed by atoms with Crippen molar-refractivity contribution in [3.05, 3.63) is 64.7 Å². The average Bonchev–Trinajstić information content (AvgIpc) is 2.34. The molecular weight excluding hydrogens is 210 g/mol. The molecule has 1 unspecified atom stereocenters. The Labute approximate surface area is 102 Å². The zero-order chi connectivity index (χ0) is 12.4. The van der Waals surface area contributed by atoms with Gasteiger partial charge in [0.15, 0.2) is 0 Å².